The summed E-state index contributed by atoms with van der Waals surface area (Å²) in [6.07, 6.45) is 0. The SMILES string of the molecule is Cc1ccc(NC(=O)COc2ccccc2C(=O)N2CCOCC2)cc1Cl. The van der Waals surface area contributed by atoms with Crippen LogP contribution in [-0.4, -0.2) is 49.6 Å². The smallest absolute Gasteiger partial charge is 0.262 e. The number of benzene rings is 2. The minimum atomic E-state index is -0.330. The van der Waals surface area contributed by atoms with Crippen molar-refractivity contribution >= 4 is 29.1 Å². The highest BCUT2D eigenvalue weighted by Gasteiger charge is 2.21. The number of hydrogen-bond donors (Lipinski definition) is 1. The van der Waals surface area contributed by atoms with E-state index in [0.717, 1.165) is 5.56 Å². The molecular weight excluding hydrogens is 368 g/mol. The van der Waals surface area contributed by atoms with Gasteiger partial charge in [0.15, 0.2) is 6.61 Å². The number of aryl methyl sites for hydroxylation is 1. The first-order valence-corrected chi connectivity index (χ1v) is 9.07. The molecular formula is C20H21ClN2O4. The van der Waals surface area contributed by atoms with E-state index < -0.39 is 0 Å². The predicted octanol–water partition coefficient (Wildman–Crippen LogP) is 3.14. The van der Waals surface area contributed by atoms with Crippen molar-refractivity contribution in [3.8, 4) is 5.75 Å². The molecule has 1 aliphatic heterocycles. The van der Waals surface area contributed by atoms with Gasteiger partial charge in [0.25, 0.3) is 11.8 Å². The van der Waals surface area contributed by atoms with Crippen molar-refractivity contribution in [2.45, 2.75) is 6.92 Å². The standard InChI is InChI=1S/C20H21ClN2O4/c1-14-6-7-15(12-17(14)21)22-19(24)13-27-18-5-3-2-4-16(18)20(25)23-8-10-26-11-9-23/h2-7,12H,8-11,13H2,1H3,(H,22,24). The minimum Gasteiger partial charge on any atom is -0.483 e. The molecule has 0 saturated carbocycles. The summed E-state index contributed by atoms with van der Waals surface area (Å²) in [6, 6.07) is 12.2. The second-order valence-electron chi connectivity index (χ2n) is 6.20. The number of anilines is 1. The summed E-state index contributed by atoms with van der Waals surface area (Å²) in [5, 5.41) is 3.31. The zero-order valence-electron chi connectivity index (χ0n) is 15.0. The number of morpholine rings is 1. The van der Waals surface area contributed by atoms with Crippen molar-refractivity contribution in [2.24, 2.45) is 0 Å². The van der Waals surface area contributed by atoms with E-state index in [-0.39, 0.29) is 18.4 Å². The number of hydrogen-bond acceptors (Lipinski definition) is 4. The van der Waals surface area contributed by atoms with E-state index in [0.29, 0.717) is 48.3 Å². The molecule has 142 valence electrons. The van der Waals surface area contributed by atoms with E-state index in [1.54, 1.807) is 41.3 Å². The van der Waals surface area contributed by atoms with E-state index in [1.165, 1.54) is 0 Å². The van der Waals surface area contributed by atoms with Gasteiger partial charge in [-0.3, -0.25) is 9.59 Å². The molecule has 0 aromatic heterocycles. The van der Waals surface area contributed by atoms with Gasteiger partial charge in [0.1, 0.15) is 5.75 Å². The molecule has 1 heterocycles. The lowest BCUT2D eigenvalue weighted by Crippen LogP contribution is -2.40. The van der Waals surface area contributed by atoms with Crippen molar-refractivity contribution in [1.82, 2.24) is 4.90 Å². The van der Waals surface area contributed by atoms with Gasteiger partial charge in [-0.15, -0.1) is 0 Å². The summed E-state index contributed by atoms with van der Waals surface area (Å²) in [4.78, 5) is 26.6. The highest BCUT2D eigenvalue weighted by molar-refractivity contribution is 6.31. The third kappa shape index (κ3) is 4.99. The van der Waals surface area contributed by atoms with Crippen LogP contribution in [0.25, 0.3) is 0 Å². The zero-order chi connectivity index (χ0) is 19.2. The van der Waals surface area contributed by atoms with Gasteiger partial charge in [0.2, 0.25) is 0 Å². The van der Waals surface area contributed by atoms with Gasteiger partial charge in [0, 0.05) is 23.8 Å². The number of amides is 2. The third-order valence-corrected chi connectivity index (χ3v) is 4.64. The summed E-state index contributed by atoms with van der Waals surface area (Å²) in [7, 11) is 0. The number of nitrogens with one attached hydrogen (secondary N) is 1. The molecule has 0 unspecified atom stereocenters. The average molecular weight is 389 g/mol. The zero-order valence-corrected chi connectivity index (χ0v) is 15.8. The summed E-state index contributed by atoms with van der Waals surface area (Å²) in [5.41, 5.74) is 1.96. The van der Waals surface area contributed by atoms with Gasteiger partial charge in [-0.1, -0.05) is 29.8 Å². The second kappa shape index (κ2) is 8.88. The van der Waals surface area contributed by atoms with E-state index in [1.807, 2.05) is 13.0 Å². The average Bonchev–Trinajstić information content (AvgIpc) is 2.69. The first-order chi connectivity index (χ1) is 13.0. The largest absolute Gasteiger partial charge is 0.483 e. The first-order valence-electron chi connectivity index (χ1n) is 8.69. The van der Waals surface area contributed by atoms with Crippen molar-refractivity contribution < 1.29 is 19.1 Å². The maximum absolute atomic E-state index is 12.7. The fraction of sp³-hybridized carbons (Fsp3) is 0.300. The van der Waals surface area contributed by atoms with Crippen LogP contribution in [0, 0.1) is 6.92 Å². The van der Waals surface area contributed by atoms with E-state index in [2.05, 4.69) is 5.32 Å². The molecule has 0 bridgehead atoms. The fourth-order valence-electron chi connectivity index (χ4n) is 2.72. The van der Waals surface area contributed by atoms with Crippen molar-refractivity contribution in [3.05, 3.63) is 58.6 Å². The topological polar surface area (TPSA) is 67.9 Å². The predicted molar refractivity (Wildman–Crippen MR) is 103 cm³/mol. The van der Waals surface area contributed by atoms with Crippen LogP contribution in [0.1, 0.15) is 15.9 Å². The molecule has 27 heavy (non-hydrogen) atoms. The maximum Gasteiger partial charge on any atom is 0.262 e. The van der Waals surface area contributed by atoms with Gasteiger partial charge in [0.05, 0.1) is 18.8 Å². The molecule has 0 spiro atoms. The van der Waals surface area contributed by atoms with Crippen LogP contribution in [-0.2, 0) is 9.53 Å². The molecule has 3 rings (SSSR count). The lowest BCUT2D eigenvalue weighted by molar-refractivity contribution is -0.118. The normalized spacial score (nSPS) is 13.9. The lowest BCUT2D eigenvalue weighted by Gasteiger charge is -2.27. The quantitative estimate of drug-likeness (QED) is 0.854. The summed E-state index contributed by atoms with van der Waals surface area (Å²) in [6.45, 7) is 3.81. The molecule has 0 atom stereocenters. The Kier molecular flexibility index (Phi) is 6.32. The molecule has 2 amide bonds. The fourth-order valence-corrected chi connectivity index (χ4v) is 2.90. The number of ether oxygens (including phenoxy) is 2. The van der Waals surface area contributed by atoms with Crippen LogP contribution in [0.2, 0.25) is 5.02 Å². The molecule has 7 heteroatoms. The maximum atomic E-state index is 12.7. The van der Waals surface area contributed by atoms with E-state index >= 15 is 0 Å². The van der Waals surface area contributed by atoms with Gasteiger partial charge >= 0.3 is 0 Å². The Morgan fingerprint density at radius 1 is 1.19 bits per heavy atom. The monoisotopic (exact) mass is 388 g/mol. The van der Waals surface area contributed by atoms with Crippen molar-refractivity contribution in [2.75, 3.05) is 38.2 Å². The number of nitrogens with zero attached hydrogens (tertiary/aromatic N) is 1. The number of carbonyl (C=O) groups excluding carboxylic acids is 2. The molecule has 0 aliphatic carbocycles. The number of carbonyl (C=O) groups is 2. The molecule has 1 saturated heterocycles. The summed E-state index contributed by atoms with van der Waals surface area (Å²) in [5.74, 6) is -0.0748. The first kappa shape index (κ1) is 19.2. The highest BCUT2D eigenvalue weighted by Crippen LogP contribution is 2.22. The summed E-state index contributed by atoms with van der Waals surface area (Å²) < 4.78 is 10.9. The Morgan fingerprint density at radius 2 is 1.93 bits per heavy atom. The molecule has 0 radical (unpaired) electrons. The van der Waals surface area contributed by atoms with Crippen LogP contribution in [0.3, 0.4) is 0 Å². The third-order valence-electron chi connectivity index (χ3n) is 4.23. The van der Waals surface area contributed by atoms with Crippen LogP contribution < -0.4 is 10.1 Å². The molecule has 1 fully saturated rings. The Hall–Kier alpha value is -2.57. The van der Waals surface area contributed by atoms with Gasteiger partial charge in [-0.05, 0) is 36.8 Å². The van der Waals surface area contributed by atoms with Crippen LogP contribution >= 0.6 is 11.6 Å². The molecule has 2 aromatic rings. The Balaban J connectivity index is 1.62. The Bertz CT molecular complexity index is 834. The van der Waals surface area contributed by atoms with Crippen molar-refractivity contribution in [1.29, 1.82) is 0 Å². The Morgan fingerprint density at radius 3 is 2.67 bits per heavy atom. The van der Waals surface area contributed by atoms with Crippen LogP contribution in [0.15, 0.2) is 42.5 Å². The number of rotatable bonds is 5. The van der Waals surface area contributed by atoms with E-state index in [4.69, 9.17) is 21.1 Å². The van der Waals surface area contributed by atoms with Gasteiger partial charge in [-0.2, -0.15) is 0 Å². The second-order valence-corrected chi connectivity index (χ2v) is 6.61. The molecule has 1 N–H and O–H groups in total. The van der Waals surface area contributed by atoms with E-state index in [9.17, 15) is 9.59 Å². The van der Waals surface area contributed by atoms with Gasteiger partial charge < -0.3 is 19.7 Å². The summed E-state index contributed by atoms with van der Waals surface area (Å²) >= 11 is 6.07. The van der Waals surface area contributed by atoms with Crippen molar-refractivity contribution in [3.63, 3.8) is 0 Å². The number of halogens is 1. The lowest BCUT2D eigenvalue weighted by atomic mass is 10.1. The van der Waals surface area contributed by atoms with Gasteiger partial charge in [-0.25, -0.2) is 0 Å². The minimum absolute atomic E-state index is 0.125. The molecule has 2 aromatic carbocycles. The Labute approximate surface area is 163 Å². The molecule has 6 nitrogen and oxygen atoms in total. The number of para-hydroxylation sites is 1. The molecule has 1 aliphatic rings. The van der Waals surface area contributed by atoms with Crippen LogP contribution in [0.4, 0.5) is 5.69 Å². The highest BCUT2D eigenvalue weighted by atomic mass is 35.5. The van der Waals surface area contributed by atoms with Crippen LogP contribution in [0.5, 0.6) is 5.75 Å².